The fraction of sp³-hybridized carbons (Fsp3) is 0. The lowest BCUT2D eigenvalue weighted by Gasteiger charge is -2.10. The summed E-state index contributed by atoms with van der Waals surface area (Å²) in [5.41, 5.74) is 8.29. The summed E-state index contributed by atoms with van der Waals surface area (Å²) in [6.45, 7) is 3.95. The SMILES string of the molecule is C=C(NNC(=O)c1ccccn1)c1c[nH]c2ccccc12. The molecule has 0 bridgehead atoms. The lowest BCUT2D eigenvalue weighted by Crippen LogP contribution is -2.36. The number of carbonyl (C=O) groups is 1. The molecule has 104 valence electrons. The van der Waals surface area contributed by atoms with Crippen molar-refractivity contribution in [1.29, 1.82) is 0 Å². The number of carbonyl (C=O) groups excluding carboxylic acids is 1. The fourth-order valence-corrected chi connectivity index (χ4v) is 2.08. The van der Waals surface area contributed by atoms with Gasteiger partial charge in [-0.05, 0) is 18.2 Å². The smallest absolute Gasteiger partial charge is 0.288 e. The van der Waals surface area contributed by atoms with Crippen LogP contribution in [0, 0.1) is 0 Å². The molecule has 0 saturated carbocycles. The standard InChI is InChI=1S/C16H14N4O/c1-11(13-10-18-14-7-3-2-6-12(13)14)19-20-16(21)15-8-4-5-9-17-15/h2-10,18-19H,1H2,(H,20,21). The predicted molar refractivity (Wildman–Crippen MR) is 82.2 cm³/mol. The maximum absolute atomic E-state index is 11.9. The highest BCUT2D eigenvalue weighted by molar-refractivity contribution is 5.94. The number of hydrogen-bond acceptors (Lipinski definition) is 3. The van der Waals surface area contributed by atoms with Crippen LogP contribution in [0.25, 0.3) is 16.6 Å². The van der Waals surface area contributed by atoms with Gasteiger partial charge >= 0.3 is 0 Å². The third kappa shape index (κ3) is 2.62. The minimum Gasteiger partial charge on any atom is -0.360 e. The molecule has 3 N–H and O–H groups in total. The molecular formula is C16H14N4O. The van der Waals surface area contributed by atoms with Crippen molar-refractivity contribution in [3.63, 3.8) is 0 Å². The van der Waals surface area contributed by atoms with E-state index in [4.69, 9.17) is 0 Å². The first-order valence-corrected chi connectivity index (χ1v) is 6.48. The van der Waals surface area contributed by atoms with Crippen molar-refractivity contribution in [2.45, 2.75) is 0 Å². The van der Waals surface area contributed by atoms with Gasteiger partial charge in [0.1, 0.15) is 5.69 Å². The number of fused-ring (bicyclic) bond motifs is 1. The van der Waals surface area contributed by atoms with Gasteiger partial charge in [-0.15, -0.1) is 0 Å². The molecule has 5 heteroatoms. The van der Waals surface area contributed by atoms with Gasteiger partial charge in [-0.1, -0.05) is 30.8 Å². The first-order valence-electron chi connectivity index (χ1n) is 6.48. The lowest BCUT2D eigenvalue weighted by atomic mass is 10.1. The van der Waals surface area contributed by atoms with Gasteiger partial charge < -0.3 is 4.98 Å². The number of pyridine rings is 1. The van der Waals surface area contributed by atoms with Gasteiger partial charge in [-0.2, -0.15) is 0 Å². The summed E-state index contributed by atoms with van der Waals surface area (Å²) in [5.74, 6) is -0.309. The number of aromatic amines is 1. The Balaban J connectivity index is 1.71. The average Bonchev–Trinajstić information content (AvgIpc) is 2.97. The van der Waals surface area contributed by atoms with Crippen molar-refractivity contribution < 1.29 is 4.79 Å². The number of para-hydroxylation sites is 1. The molecule has 2 heterocycles. The maximum atomic E-state index is 11.9. The molecule has 21 heavy (non-hydrogen) atoms. The number of hydrazine groups is 1. The molecule has 1 aromatic carbocycles. The Kier molecular flexibility index (Phi) is 3.39. The Morgan fingerprint density at radius 1 is 1.10 bits per heavy atom. The molecule has 5 nitrogen and oxygen atoms in total. The molecule has 2 aromatic heterocycles. The zero-order chi connectivity index (χ0) is 14.7. The summed E-state index contributed by atoms with van der Waals surface area (Å²) in [6, 6.07) is 13.1. The van der Waals surface area contributed by atoms with Crippen molar-refractivity contribution in [3.05, 3.63) is 72.7 Å². The van der Waals surface area contributed by atoms with Crippen LogP contribution in [0.3, 0.4) is 0 Å². The molecule has 3 rings (SSSR count). The molecule has 0 spiro atoms. The highest BCUT2D eigenvalue weighted by Gasteiger charge is 2.09. The molecule has 0 atom stereocenters. The van der Waals surface area contributed by atoms with Crippen molar-refractivity contribution >= 4 is 22.5 Å². The number of hydrogen-bond donors (Lipinski definition) is 3. The summed E-state index contributed by atoms with van der Waals surface area (Å²) >= 11 is 0. The number of nitrogens with zero attached hydrogens (tertiary/aromatic N) is 1. The largest absolute Gasteiger partial charge is 0.360 e. The van der Waals surface area contributed by atoms with Gasteiger partial charge in [0.05, 0.1) is 5.70 Å². The Morgan fingerprint density at radius 3 is 2.71 bits per heavy atom. The second-order valence-electron chi connectivity index (χ2n) is 4.52. The summed E-state index contributed by atoms with van der Waals surface area (Å²) in [7, 11) is 0. The van der Waals surface area contributed by atoms with E-state index in [0.29, 0.717) is 11.4 Å². The van der Waals surface area contributed by atoms with Gasteiger partial charge in [0.25, 0.3) is 5.91 Å². The second-order valence-corrected chi connectivity index (χ2v) is 4.52. The van der Waals surface area contributed by atoms with Crippen LogP contribution in [0.15, 0.2) is 61.4 Å². The zero-order valence-corrected chi connectivity index (χ0v) is 11.3. The summed E-state index contributed by atoms with van der Waals surface area (Å²) in [4.78, 5) is 19.0. The van der Waals surface area contributed by atoms with E-state index in [-0.39, 0.29) is 5.91 Å². The van der Waals surface area contributed by atoms with Crippen LogP contribution in [0.4, 0.5) is 0 Å². The molecule has 0 saturated heterocycles. The van der Waals surface area contributed by atoms with Crippen LogP contribution < -0.4 is 10.9 Å². The minimum absolute atomic E-state index is 0.309. The van der Waals surface area contributed by atoms with Crippen LogP contribution >= 0.6 is 0 Å². The van der Waals surface area contributed by atoms with E-state index in [9.17, 15) is 4.79 Å². The van der Waals surface area contributed by atoms with Gasteiger partial charge in [-0.25, -0.2) is 0 Å². The van der Waals surface area contributed by atoms with Crippen LogP contribution in [0.5, 0.6) is 0 Å². The molecule has 0 fully saturated rings. The molecule has 0 unspecified atom stereocenters. The number of amides is 1. The minimum atomic E-state index is -0.309. The van der Waals surface area contributed by atoms with E-state index in [1.807, 2.05) is 30.5 Å². The number of rotatable bonds is 4. The van der Waals surface area contributed by atoms with Crippen molar-refractivity contribution in [3.8, 4) is 0 Å². The Bertz CT molecular complexity index is 792. The monoisotopic (exact) mass is 278 g/mol. The van der Waals surface area contributed by atoms with Crippen LogP contribution in [-0.4, -0.2) is 15.9 Å². The van der Waals surface area contributed by atoms with Gasteiger partial charge in [-0.3, -0.25) is 20.6 Å². The van der Waals surface area contributed by atoms with E-state index < -0.39 is 0 Å². The molecule has 3 aromatic rings. The molecule has 0 aliphatic heterocycles. The van der Waals surface area contributed by atoms with Crippen LogP contribution in [0.2, 0.25) is 0 Å². The van der Waals surface area contributed by atoms with E-state index in [1.165, 1.54) is 0 Å². The quantitative estimate of drug-likeness (QED) is 0.642. The van der Waals surface area contributed by atoms with E-state index in [0.717, 1.165) is 16.5 Å². The number of H-pyrrole nitrogens is 1. The molecule has 0 aliphatic rings. The highest BCUT2D eigenvalue weighted by Crippen LogP contribution is 2.21. The van der Waals surface area contributed by atoms with Crippen molar-refractivity contribution in [2.24, 2.45) is 0 Å². The summed E-state index contributed by atoms with van der Waals surface area (Å²) in [5, 5.41) is 1.04. The van der Waals surface area contributed by atoms with Crippen LogP contribution in [-0.2, 0) is 0 Å². The van der Waals surface area contributed by atoms with Gasteiger partial charge in [0.15, 0.2) is 0 Å². The van der Waals surface area contributed by atoms with E-state index in [1.54, 1.807) is 24.4 Å². The molecular weight excluding hydrogens is 264 g/mol. The van der Waals surface area contributed by atoms with E-state index >= 15 is 0 Å². The Labute approximate surface area is 121 Å². The van der Waals surface area contributed by atoms with Gasteiger partial charge in [0.2, 0.25) is 0 Å². The molecule has 0 aliphatic carbocycles. The van der Waals surface area contributed by atoms with Crippen molar-refractivity contribution in [2.75, 3.05) is 0 Å². The maximum Gasteiger partial charge on any atom is 0.288 e. The Hall–Kier alpha value is -3.08. The highest BCUT2D eigenvalue weighted by atomic mass is 16.2. The Morgan fingerprint density at radius 2 is 1.90 bits per heavy atom. The second kappa shape index (κ2) is 5.50. The van der Waals surface area contributed by atoms with E-state index in [2.05, 4.69) is 27.4 Å². The summed E-state index contributed by atoms with van der Waals surface area (Å²) < 4.78 is 0. The average molecular weight is 278 g/mol. The summed E-state index contributed by atoms with van der Waals surface area (Å²) in [6.07, 6.45) is 3.43. The lowest BCUT2D eigenvalue weighted by molar-refractivity contribution is 0.0937. The third-order valence-electron chi connectivity index (χ3n) is 3.14. The third-order valence-corrected chi connectivity index (χ3v) is 3.14. The molecule has 0 radical (unpaired) electrons. The first-order chi connectivity index (χ1) is 10.3. The normalized spacial score (nSPS) is 10.3. The van der Waals surface area contributed by atoms with Crippen LogP contribution in [0.1, 0.15) is 16.1 Å². The van der Waals surface area contributed by atoms with Gasteiger partial charge in [0, 0.05) is 28.9 Å². The first kappa shape index (κ1) is 12.9. The zero-order valence-electron chi connectivity index (χ0n) is 11.3. The number of nitrogens with one attached hydrogen (secondary N) is 3. The fourth-order valence-electron chi connectivity index (χ4n) is 2.08. The van der Waals surface area contributed by atoms with Crippen molar-refractivity contribution in [1.82, 2.24) is 20.8 Å². The number of benzene rings is 1. The predicted octanol–water partition coefficient (Wildman–Crippen LogP) is 2.47. The topological polar surface area (TPSA) is 69.8 Å². The molecule has 1 amide bonds. The number of aromatic nitrogens is 2.